The van der Waals surface area contributed by atoms with Crippen molar-refractivity contribution in [2.24, 2.45) is 0 Å². The molecule has 1 aliphatic rings. The minimum atomic E-state index is 0.286. The standard InChI is InChI=1S/C15H23NO/c1-12-5-6-14(13(2)9-12)15(10-17-11-15)7-4-8-16-3/h5-6,9,16H,4,7-8,10-11H2,1-3H3. The molecule has 1 aromatic carbocycles. The first-order valence-corrected chi connectivity index (χ1v) is 6.48. The number of hydrogen-bond donors (Lipinski definition) is 1. The molecular formula is C15H23NO. The Hall–Kier alpha value is -0.860. The SMILES string of the molecule is CNCCCC1(c2ccc(C)cc2C)COC1. The van der Waals surface area contributed by atoms with Gasteiger partial charge in [0.25, 0.3) is 0 Å². The molecule has 0 saturated carbocycles. The molecule has 1 heterocycles. The molecule has 17 heavy (non-hydrogen) atoms. The van der Waals surface area contributed by atoms with Crippen LogP contribution >= 0.6 is 0 Å². The summed E-state index contributed by atoms with van der Waals surface area (Å²) in [7, 11) is 2.01. The van der Waals surface area contributed by atoms with Gasteiger partial charge in [-0.3, -0.25) is 0 Å². The molecule has 0 spiro atoms. The Morgan fingerprint density at radius 3 is 2.59 bits per heavy atom. The van der Waals surface area contributed by atoms with Crippen molar-refractivity contribution >= 4 is 0 Å². The number of aryl methyl sites for hydroxylation is 2. The second-order valence-electron chi connectivity index (χ2n) is 5.30. The van der Waals surface area contributed by atoms with Crippen LogP contribution in [0.3, 0.4) is 0 Å². The van der Waals surface area contributed by atoms with E-state index in [1.54, 1.807) is 0 Å². The van der Waals surface area contributed by atoms with Crippen LogP contribution < -0.4 is 5.32 Å². The molecule has 1 fully saturated rings. The van der Waals surface area contributed by atoms with Crippen molar-refractivity contribution in [3.8, 4) is 0 Å². The van der Waals surface area contributed by atoms with Crippen LogP contribution in [0.5, 0.6) is 0 Å². The summed E-state index contributed by atoms with van der Waals surface area (Å²) in [5.74, 6) is 0. The van der Waals surface area contributed by atoms with Crippen molar-refractivity contribution < 1.29 is 4.74 Å². The van der Waals surface area contributed by atoms with Crippen LogP contribution in [0.4, 0.5) is 0 Å². The molecule has 0 amide bonds. The maximum Gasteiger partial charge on any atom is 0.0585 e. The molecule has 0 aliphatic carbocycles. The first-order chi connectivity index (χ1) is 8.18. The van der Waals surface area contributed by atoms with E-state index >= 15 is 0 Å². The van der Waals surface area contributed by atoms with Crippen molar-refractivity contribution in [1.82, 2.24) is 5.32 Å². The predicted octanol–water partition coefficient (Wildman–Crippen LogP) is 2.57. The van der Waals surface area contributed by atoms with Gasteiger partial charge in [0.05, 0.1) is 13.2 Å². The fraction of sp³-hybridized carbons (Fsp3) is 0.600. The minimum absolute atomic E-state index is 0.286. The van der Waals surface area contributed by atoms with E-state index in [-0.39, 0.29) is 5.41 Å². The van der Waals surface area contributed by atoms with Gasteiger partial charge in [-0.25, -0.2) is 0 Å². The molecular weight excluding hydrogens is 210 g/mol. The van der Waals surface area contributed by atoms with Gasteiger partial charge in [0.15, 0.2) is 0 Å². The average Bonchev–Trinajstić information content (AvgIpc) is 2.23. The summed E-state index contributed by atoms with van der Waals surface area (Å²) in [5.41, 5.74) is 4.54. The van der Waals surface area contributed by atoms with E-state index in [0.717, 1.165) is 19.8 Å². The van der Waals surface area contributed by atoms with Crippen molar-refractivity contribution in [3.05, 3.63) is 34.9 Å². The van der Waals surface area contributed by atoms with Gasteiger partial charge >= 0.3 is 0 Å². The van der Waals surface area contributed by atoms with E-state index in [1.165, 1.54) is 29.5 Å². The molecule has 2 heteroatoms. The maximum absolute atomic E-state index is 5.49. The van der Waals surface area contributed by atoms with E-state index in [2.05, 4.69) is 37.4 Å². The Morgan fingerprint density at radius 2 is 2.06 bits per heavy atom. The highest BCUT2D eigenvalue weighted by molar-refractivity contribution is 5.38. The molecule has 1 N–H and O–H groups in total. The van der Waals surface area contributed by atoms with E-state index in [0.29, 0.717) is 0 Å². The summed E-state index contributed by atoms with van der Waals surface area (Å²) >= 11 is 0. The fourth-order valence-electron chi connectivity index (χ4n) is 2.80. The Labute approximate surface area is 104 Å². The zero-order valence-corrected chi connectivity index (χ0v) is 11.2. The van der Waals surface area contributed by atoms with Gasteiger partial charge in [-0.15, -0.1) is 0 Å². The van der Waals surface area contributed by atoms with E-state index in [1.807, 2.05) is 7.05 Å². The Balaban J connectivity index is 2.16. The lowest BCUT2D eigenvalue weighted by Gasteiger charge is -2.43. The van der Waals surface area contributed by atoms with Gasteiger partial charge in [-0.2, -0.15) is 0 Å². The molecule has 0 aromatic heterocycles. The molecule has 2 nitrogen and oxygen atoms in total. The van der Waals surface area contributed by atoms with Crippen LogP contribution in [0.1, 0.15) is 29.5 Å². The van der Waals surface area contributed by atoms with Gasteiger partial charge in [-0.1, -0.05) is 23.8 Å². The molecule has 0 bridgehead atoms. The van der Waals surface area contributed by atoms with Crippen LogP contribution in [-0.4, -0.2) is 26.8 Å². The summed E-state index contributed by atoms with van der Waals surface area (Å²) in [6.45, 7) is 7.25. The molecule has 0 atom stereocenters. The van der Waals surface area contributed by atoms with E-state index in [9.17, 15) is 0 Å². The van der Waals surface area contributed by atoms with Crippen molar-refractivity contribution in [2.75, 3.05) is 26.8 Å². The lowest BCUT2D eigenvalue weighted by atomic mass is 9.73. The third-order valence-corrected chi connectivity index (χ3v) is 3.79. The maximum atomic E-state index is 5.49. The first-order valence-electron chi connectivity index (χ1n) is 6.48. The molecule has 1 saturated heterocycles. The normalized spacial score (nSPS) is 17.8. The number of rotatable bonds is 5. The lowest BCUT2D eigenvalue weighted by Crippen LogP contribution is -2.47. The monoisotopic (exact) mass is 233 g/mol. The Morgan fingerprint density at radius 1 is 1.29 bits per heavy atom. The third-order valence-electron chi connectivity index (χ3n) is 3.79. The molecule has 1 aromatic rings. The number of nitrogens with one attached hydrogen (secondary N) is 1. The predicted molar refractivity (Wildman–Crippen MR) is 71.6 cm³/mol. The van der Waals surface area contributed by atoms with Crippen molar-refractivity contribution in [2.45, 2.75) is 32.1 Å². The summed E-state index contributed by atoms with van der Waals surface area (Å²) in [6.07, 6.45) is 2.44. The van der Waals surface area contributed by atoms with Crippen molar-refractivity contribution in [3.63, 3.8) is 0 Å². The van der Waals surface area contributed by atoms with Crippen LogP contribution in [0, 0.1) is 13.8 Å². The van der Waals surface area contributed by atoms with Crippen LogP contribution in [0.25, 0.3) is 0 Å². The Kier molecular flexibility index (Phi) is 3.85. The summed E-state index contributed by atoms with van der Waals surface area (Å²) in [4.78, 5) is 0. The molecule has 1 aliphatic heterocycles. The largest absolute Gasteiger partial charge is 0.379 e. The van der Waals surface area contributed by atoms with E-state index < -0.39 is 0 Å². The van der Waals surface area contributed by atoms with Gasteiger partial charge in [0.1, 0.15) is 0 Å². The van der Waals surface area contributed by atoms with Gasteiger partial charge in [0, 0.05) is 5.41 Å². The van der Waals surface area contributed by atoms with Crippen LogP contribution in [0.15, 0.2) is 18.2 Å². The quantitative estimate of drug-likeness (QED) is 0.789. The fourth-order valence-corrected chi connectivity index (χ4v) is 2.80. The minimum Gasteiger partial charge on any atom is -0.379 e. The number of hydrogen-bond acceptors (Lipinski definition) is 2. The van der Waals surface area contributed by atoms with Gasteiger partial charge in [0.2, 0.25) is 0 Å². The zero-order valence-electron chi connectivity index (χ0n) is 11.2. The summed E-state index contributed by atoms with van der Waals surface area (Å²) in [5, 5.41) is 3.22. The van der Waals surface area contributed by atoms with Crippen LogP contribution in [0.2, 0.25) is 0 Å². The number of benzene rings is 1. The van der Waals surface area contributed by atoms with Crippen molar-refractivity contribution in [1.29, 1.82) is 0 Å². The second-order valence-corrected chi connectivity index (χ2v) is 5.30. The molecule has 2 rings (SSSR count). The van der Waals surface area contributed by atoms with E-state index in [4.69, 9.17) is 4.74 Å². The molecule has 94 valence electrons. The third kappa shape index (κ3) is 2.53. The highest BCUT2D eigenvalue weighted by Crippen LogP contribution is 2.38. The summed E-state index contributed by atoms with van der Waals surface area (Å²) < 4.78 is 5.49. The highest BCUT2D eigenvalue weighted by Gasteiger charge is 2.40. The first kappa shape index (κ1) is 12.6. The smallest absolute Gasteiger partial charge is 0.0585 e. The highest BCUT2D eigenvalue weighted by atomic mass is 16.5. The average molecular weight is 233 g/mol. The number of ether oxygens (including phenoxy) is 1. The van der Waals surface area contributed by atoms with Crippen LogP contribution in [-0.2, 0) is 10.2 Å². The zero-order chi connectivity index (χ0) is 12.3. The topological polar surface area (TPSA) is 21.3 Å². The lowest BCUT2D eigenvalue weighted by molar-refractivity contribution is -0.0653. The van der Waals surface area contributed by atoms with Gasteiger partial charge in [-0.05, 0) is 51.4 Å². The second kappa shape index (κ2) is 5.19. The molecule has 0 unspecified atom stereocenters. The Bertz CT molecular complexity index is 383. The van der Waals surface area contributed by atoms with Gasteiger partial charge < -0.3 is 10.1 Å². The summed E-state index contributed by atoms with van der Waals surface area (Å²) in [6, 6.07) is 6.81. The molecule has 0 radical (unpaired) electrons.